The van der Waals surface area contributed by atoms with E-state index in [1.54, 1.807) is 13.3 Å². The number of ether oxygens (including phenoxy) is 2. The topological polar surface area (TPSA) is 82.3 Å². The van der Waals surface area contributed by atoms with Gasteiger partial charge in [0.2, 0.25) is 5.95 Å². The number of hydrogen-bond acceptors (Lipinski definition) is 7. The molecule has 1 atom stereocenters. The van der Waals surface area contributed by atoms with Gasteiger partial charge in [-0.3, -0.25) is 0 Å². The van der Waals surface area contributed by atoms with Crippen molar-refractivity contribution in [1.29, 1.82) is 0 Å². The molecule has 140 valence electrons. The van der Waals surface area contributed by atoms with Gasteiger partial charge < -0.3 is 19.3 Å². The van der Waals surface area contributed by atoms with Gasteiger partial charge in [0, 0.05) is 31.0 Å². The summed E-state index contributed by atoms with van der Waals surface area (Å²) in [4.78, 5) is 9.20. The number of aryl methyl sites for hydroxylation is 1. The molecule has 2 aromatic heterocycles. The third-order valence-corrected chi connectivity index (χ3v) is 4.58. The normalized spacial score (nSPS) is 16.4. The van der Waals surface area contributed by atoms with Gasteiger partial charge in [0.15, 0.2) is 5.76 Å². The second-order valence-corrected chi connectivity index (χ2v) is 6.49. The number of anilines is 1. The summed E-state index contributed by atoms with van der Waals surface area (Å²) in [5, 5.41) is 7.26. The van der Waals surface area contributed by atoms with E-state index in [-0.39, 0.29) is 6.10 Å². The summed E-state index contributed by atoms with van der Waals surface area (Å²) in [6, 6.07) is 9.76. The van der Waals surface area contributed by atoms with E-state index in [4.69, 9.17) is 19.0 Å². The van der Waals surface area contributed by atoms with Gasteiger partial charge in [-0.05, 0) is 25.8 Å². The maximum atomic E-state index is 5.86. The summed E-state index contributed by atoms with van der Waals surface area (Å²) in [7, 11) is 1.67. The van der Waals surface area contributed by atoms with E-state index in [2.05, 4.69) is 15.5 Å². The lowest BCUT2D eigenvalue weighted by atomic mass is 10.1. The standard InChI is InChI=1S/C20H22N4O3/c1-13-10-18(27-24-13)15-12-22-20(23-19(15)17-8-5-9-26-17)21-11-14-6-3-4-7-16(14)25-2/h3-4,6-7,10,12,17H,5,8-9,11H2,1-2H3,(H,21,22,23)/t17-/m1/s1. The van der Waals surface area contributed by atoms with Crippen molar-refractivity contribution < 1.29 is 14.0 Å². The summed E-state index contributed by atoms with van der Waals surface area (Å²) in [5.74, 6) is 2.04. The van der Waals surface area contributed by atoms with Gasteiger partial charge in [0.25, 0.3) is 0 Å². The first kappa shape index (κ1) is 17.5. The minimum atomic E-state index is -0.0554. The van der Waals surface area contributed by atoms with Crippen LogP contribution in [-0.4, -0.2) is 28.8 Å². The van der Waals surface area contributed by atoms with Crippen molar-refractivity contribution >= 4 is 5.95 Å². The molecule has 0 saturated carbocycles. The van der Waals surface area contributed by atoms with E-state index < -0.39 is 0 Å². The average molecular weight is 366 g/mol. The molecule has 7 heteroatoms. The Morgan fingerprint density at radius 3 is 2.93 bits per heavy atom. The molecule has 1 aliphatic rings. The summed E-state index contributed by atoms with van der Waals surface area (Å²) in [5.41, 5.74) is 3.52. The highest BCUT2D eigenvalue weighted by atomic mass is 16.5. The van der Waals surface area contributed by atoms with Crippen molar-refractivity contribution in [1.82, 2.24) is 15.1 Å². The summed E-state index contributed by atoms with van der Waals surface area (Å²) >= 11 is 0. The number of benzene rings is 1. The van der Waals surface area contributed by atoms with Crippen LogP contribution < -0.4 is 10.1 Å². The van der Waals surface area contributed by atoms with Gasteiger partial charge in [-0.2, -0.15) is 0 Å². The predicted octanol–water partition coefficient (Wildman–Crippen LogP) is 3.91. The van der Waals surface area contributed by atoms with Crippen LogP contribution in [0.4, 0.5) is 5.95 Å². The minimum absolute atomic E-state index is 0.0554. The molecule has 1 aliphatic heterocycles. The monoisotopic (exact) mass is 366 g/mol. The Bertz CT molecular complexity index is 919. The molecule has 0 bridgehead atoms. The Balaban J connectivity index is 1.61. The first-order valence-corrected chi connectivity index (χ1v) is 9.02. The Morgan fingerprint density at radius 2 is 2.19 bits per heavy atom. The van der Waals surface area contributed by atoms with Crippen molar-refractivity contribution in [2.24, 2.45) is 0 Å². The van der Waals surface area contributed by atoms with E-state index >= 15 is 0 Å². The number of methoxy groups -OCH3 is 1. The van der Waals surface area contributed by atoms with Crippen molar-refractivity contribution in [3.05, 3.63) is 53.5 Å². The van der Waals surface area contributed by atoms with Gasteiger partial charge in [0.1, 0.15) is 11.9 Å². The highest BCUT2D eigenvalue weighted by molar-refractivity contribution is 5.61. The fourth-order valence-corrected chi connectivity index (χ4v) is 3.22. The zero-order valence-corrected chi connectivity index (χ0v) is 15.4. The number of nitrogens with one attached hydrogen (secondary N) is 1. The van der Waals surface area contributed by atoms with E-state index in [1.165, 1.54) is 0 Å². The van der Waals surface area contributed by atoms with Crippen LogP contribution in [0.1, 0.15) is 35.9 Å². The molecular weight excluding hydrogens is 344 g/mol. The average Bonchev–Trinajstić information content (AvgIpc) is 3.38. The second-order valence-electron chi connectivity index (χ2n) is 6.49. The lowest BCUT2D eigenvalue weighted by Gasteiger charge is -2.15. The third kappa shape index (κ3) is 3.78. The second kappa shape index (κ2) is 7.75. The molecule has 0 unspecified atom stereocenters. The van der Waals surface area contributed by atoms with Crippen LogP contribution >= 0.6 is 0 Å². The van der Waals surface area contributed by atoms with Gasteiger partial charge in [-0.15, -0.1) is 0 Å². The summed E-state index contributed by atoms with van der Waals surface area (Å²) in [6.07, 6.45) is 3.67. The van der Waals surface area contributed by atoms with Crippen molar-refractivity contribution in [3.8, 4) is 17.1 Å². The van der Waals surface area contributed by atoms with Crippen LogP contribution in [0.2, 0.25) is 0 Å². The number of aromatic nitrogens is 3. The Hall–Kier alpha value is -2.93. The third-order valence-electron chi connectivity index (χ3n) is 4.58. The number of nitrogens with zero attached hydrogens (tertiary/aromatic N) is 3. The number of rotatable bonds is 6. The largest absolute Gasteiger partial charge is 0.496 e. The maximum absolute atomic E-state index is 5.86. The zero-order valence-electron chi connectivity index (χ0n) is 15.4. The molecule has 3 heterocycles. The maximum Gasteiger partial charge on any atom is 0.223 e. The van der Waals surface area contributed by atoms with Crippen molar-refractivity contribution in [3.63, 3.8) is 0 Å². The van der Waals surface area contributed by atoms with E-state index in [9.17, 15) is 0 Å². The molecule has 27 heavy (non-hydrogen) atoms. The summed E-state index contributed by atoms with van der Waals surface area (Å²) < 4.78 is 16.7. The van der Waals surface area contributed by atoms with E-state index in [1.807, 2.05) is 37.3 Å². The van der Waals surface area contributed by atoms with E-state index in [0.717, 1.165) is 47.7 Å². The predicted molar refractivity (Wildman–Crippen MR) is 101 cm³/mol. The molecule has 1 aromatic carbocycles. The lowest BCUT2D eigenvalue weighted by Crippen LogP contribution is -2.09. The molecule has 1 saturated heterocycles. The SMILES string of the molecule is COc1ccccc1CNc1ncc(-c2cc(C)no2)c([C@H]2CCCO2)n1. The van der Waals surface area contributed by atoms with Gasteiger partial charge in [-0.1, -0.05) is 23.4 Å². The molecule has 4 rings (SSSR count). The Morgan fingerprint density at radius 1 is 1.30 bits per heavy atom. The smallest absolute Gasteiger partial charge is 0.223 e. The Kier molecular flexibility index (Phi) is 5.02. The van der Waals surface area contributed by atoms with Crippen LogP contribution in [0.15, 0.2) is 41.1 Å². The number of para-hydroxylation sites is 1. The van der Waals surface area contributed by atoms with Gasteiger partial charge in [0.05, 0.1) is 24.1 Å². The zero-order chi connectivity index (χ0) is 18.6. The minimum Gasteiger partial charge on any atom is -0.496 e. The van der Waals surface area contributed by atoms with Crippen LogP contribution in [0, 0.1) is 6.92 Å². The summed E-state index contributed by atoms with van der Waals surface area (Å²) in [6.45, 7) is 3.20. The Labute approximate surface area is 157 Å². The lowest BCUT2D eigenvalue weighted by molar-refractivity contribution is 0.109. The van der Waals surface area contributed by atoms with Gasteiger partial charge in [-0.25, -0.2) is 9.97 Å². The first-order valence-electron chi connectivity index (χ1n) is 9.02. The molecule has 0 amide bonds. The van der Waals surface area contributed by atoms with Gasteiger partial charge >= 0.3 is 0 Å². The number of hydrogen-bond donors (Lipinski definition) is 1. The highest BCUT2D eigenvalue weighted by Crippen LogP contribution is 2.35. The molecule has 7 nitrogen and oxygen atoms in total. The molecule has 1 fully saturated rings. The van der Waals surface area contributed by atoms with Crippen LogP contribution in [-0.2, 0) is 11.3 Å². The molecular formula is C20H22N4O3. The van der Waals surface area contributed by atoms with Crippen molar-refractivity contribution in [2.75, 3.05) is 19.0 Å². The fraction of sp³-hybridized carbons (Fsp3) is 0.350. The highest BCUT2D eigenvalue weighted by Gasteiger charge is 2.25. The van der Waals surface area contributed by atoms with Crippen molar-refractivity contribution in [2.45, 2.75) is 32.4 Å². The van der Waals surface area contributed by atoms with Crippen LogP contribution in [0.25, 0.3) is 11.3 Å². The van der Waals surface area contributed by atoms with Crippen LogP contribution in [0.3, 0.4) is 0 Å². The first-order chi connectivity index (χ1) is 13.2. The molecule has 3 aromatic rings. The quantitative estimate of drug-likeness (QED) is 0.708. The fourth-order valence-electron chi connectivity index (χ4n) is 3.22. The molecule has 0 radical (unpaired) electrons. The molecule has 0 spiro atoms. The van der Waals surface area contributed by atoms with Crippen LogP contribution in [0.5, 0.6) is 5.75 Å². The molecule has 0 aliphatic carbocycles. The molecule has 1 N–H and O–H groups in total. The van der Waals surface area contributed by atoms with E-state index in [0.29, 0.717) is 18.3 Å².